The number of methoxy groups -OCH3 is 2. The molecule has 61 heavy (non-hydrogen) atoms. The zero-order valence-corrected chi connectivity index (χ0v) is 40.1. The summed E-state index contributed by atoms with van der Waals surface area (Å²) in [6, 6.07) is 5.70. The van der Waals surface area contributed by atoms with E-state index >= 15 is 0 Å². The van der Waals surface area contributed by atoms with E-state index in [2.05, 4.69) is 10.6 Å². The minimum absolute atomic E-state index is 0.0637. The lowest BCUT2D eigenvalue weighted by Gasteiger charge is -2.41. The Labute approximate surface area is 365 Å². The molecule has 9 atom stereocenters. The van der Waals surface area contributed by atoms with Crippen molar-refractivity contribution in [3.63, 3.8) is 0 Å². The fraction of sp³-hybridized carbons (Fsp3) is 0.733. The van der Waals surface area contributed by atoms with Gasteiger partial charge in [0.05, 0.1) is 36.6 Å². The van der Waals surface area contributed by atoms with E-state index in [1.807, 2.05) is 72.8 Å². The standard InChI is InChI=1S/C45H77N5O10Si/c1-14-30(6)40(49(9)44(55)38(28(2)3)47-43(54)39(29(4)5)48(8)36(51)23-19-25-61(12,13)58)35(59-10)27-37(52)50-24-18-22-34(50)41(60-11)31(7)42(53)46-33(45(56)57)26-32-20-16-15-17-21-32/h15-17,20-21,28-31,33-35,38-41,58H,14,18-19,22-27H2,1-13H3,(H,46,53)(H,47,54)(H,56,57)/t30-,31+,33-,34-,35+,38-,39-,40-,41+/m1/s1. The van der Waals surface area contributed by atoms with Gasteiger partial charge in [0, 0.05) is 47.7 Å². The molecule has 5 amide bonds. The smallest absolute Gasteiger partial charge is 0.326 e. The molecule has 0 aromatic heterocycles. The van der Waals surface area contributed by atoms with Crippen molar-refractivity contribution >= 4 is 43.8 Å². The first-order chi connectivity index (χ1) is 28.5. The Balaban J connectivity index is 2.28. The molecule has 1 aliphatic rings. The zero-order chi connectivity index (χ0) is 46.4. The van der Waals surface area contributed by atoms with E-state index in [4.69, 9.17) is 9.47 Å². The Morgan fingerprint density at radius 1 is 0.902 bits per heavy atom. The number of nitrogens with one attached hydrogen (secondary N) is 2. The van der Waals surface area contributed by atoms with Crippen LogP contribution in [-0.2, 0) is 44.7 Å². The average Bonchev–Trinajstić information content (AvgIpc) is 3.68. The summed E-state index contributed by atoms with van der Waals surface area (Å²) >= 11 is 0. The number of carboxylic acids is 1. The summed E-state index contributed by atoms with van der Waals surface area (Å²) in [6.07, 6.45) is 1.25. The van der Waals surface area contributed by atoms with Crippen molar-refractivity contribution in [2.45, 2.75) is 155 Å². The molecule has 1 aliphatic heterocycles. The van der Waals surface area contributed by atoms with Gasteiger partial charge < -0.3 is 44.7 Å². The topological polar surface area (TPSA) is 195 Å². The average molecular weight is 876 g/mol. The molecule has 0 bridgehead atoms. The zero-order valence-electron chi connectivity index (χ0n) is 39.1. The van der Waals surface area contributed by atoms with E-state index in [0.29, 0.717) is 38.3 Å². The maximum atomic E-state index is 14.5. The highest BCUT2D eigenvalue weighted by Gasteiger charge is 2.44. The Morgan fingerprint density at radius 3 is 2.03 bits per heavy atom. The van der Waals surface area contributed by atoms with Crippen LogP contribution in [0.15, 0.2) is 30.3 Å². The van der Waals surface area contributed by atoms with Gasteiger partial charge >= 0.3 is 5.97 Å². The molecule has 15 nitrogen and oxygen atoms in total. The van der Waals surface area contributed by atoms with Crippen molar-refractivity contribution < 1.29 is 48.1 Å². The number of likely N-dealkylation sites (N-methyl/N-ethyl adjacent to an activating group) is 2. The Morgan fingerprint density at radius 2 is 1.52 bits per heavy atom. The first kappa shape index (κ1) is 53.3. The van der Waals surface area contributed by atoms with Crippen LogP contribution >= 0.6 is 0 Å². The van der Waals surface area contributed by atoms with Gasteiger partial charge in [0.15, 0.2) is 8.32 Å². The molecule has 0 unspecified atom stereocenters. The van der Waals surface area contributed by atoms with Gasteiger partial charge in [-0.3, -0.25) is 24.0 Å². The van der Waals surface area contributed by atoms with Crippen molar-refractivity contribution in [1.29, 1.82) is 0 Å². The highest BCUT2D eigenvalue weighted by Crippen LogP contribution is 2.30. The number of carbonyl (C=O) groups excluding carboxylic acids is 5. The van der Waals surface area contributed by atoms with Crippen LogP contribution in [-0.4, -0.2) is 146 Å². The number of benzene rings is 1. The van der Waals surface area contributed by atoms with Gasteiger partial charge in [-0.1, -0.05) is 85.2 Å². The predicted octanol–water partition coefficient (Wildman–Crippen LogP) is 4.32. The van der Waals surface area contributed by atoms with Gasteiger partial charge in [-0.2, -0.15) is 0 Å². The first-order valence-corrected chi connectivity index (χ1v) is 25.1. The molecule has 4 N–H and O–H groups in total. The predicted molar refractivity (Wildman–Crippen MR) is 238 cm³/mol. The Hall–Kier alpha value is -3.86. The van der Waals surface area contributed by atoms with Crippen LogP contribution in [0.3, 0.4) is 0 Å². The molecule has 1 saturated heterocycles. The molecule has 0 spiro atoms. The van der Waals surface area contributed by atoms with E-state index in [-0.39, 0.29) is 54.7 Å². The summed E-state index contributed by atoms with van der Waals surface area (Å²) in [4.78, 5) is 96.6. The third-order valence-corrected chi connectivity index (χ3v) is 13.9. The molecule has 0 saturated carbocycles. The highest BCUT2D eigenvalue weighted by molar-refractivity contribution is 6.69. The van der Waals surface area contributed by atoms with Crippen molar-refractivity contribution in [2.24, 2.45) is 23.7 Å². The number of rotatable bonds is 25. The number of likely N-dealkylation sites (tertiary alicyclic amines) is 1. The third kappa shape index (κ3) is 15.5. The molecule has 1 heterocycles. The second-order valence-electron chi connectivity index (χ2n) is 18.3. The van der Waals surface area contributed by atoms with E-state index in [1.54, 1.807) is 43.0 Å². The second kappa shape index (κ2) is 24.7. The first-order valence-electron chi connectivity index (χ1n) is 22.0. The molecular weight excluding hydrogens is 799 g/mol. The normalized spacial score (nSPS) is 18.4. The lowest BCUT2D eigenvalue weighted by molar-refractivity contribution is -0.149. The number of carbonyl (C=O) groups is 6. The van der Waals surface area contributed by atoms with Gasteiger partial charge in [-0.25, -0.2) is 4.79 Å². The molecular formula is C45H77N5O10Si. The summed E-state index contributed by atoms with van der Waals surface area (Å²) in [5, 5.41) is 15.6. The van der Waals surface area contributed by atoms with Crippen LogP contribution in [0, 0.1) is 23.7 Å². The summed E-state index contributed by atoms with van der Waals surface area (Å²) < 4.78 is 11.9. The van der Waals surface area contributed by atoms with Crippen LogP contribution in [0.5, 0.6) is 0 Å². The molecule has 0 aliphatic carbocycles. The van der Waals surface area contributed by atoms with Crippen molar-refractivity contribution in [2.75, 3.05) is 34.9 Å². The molecule has 346 valence electrons. The number of nitrogens with zero attached hydrogens (tertiary/aromatic N) is 3. The van der Waals surface area contributed by atoms with Crippen molar-refractivity contribution in [3.8, 4) is 0 Å². The van der Waals surface area contributed by atoms with E-state index in [9.17, 15) is 38.7 Å². The van der Waals surface area contributed by atoms with Crippen LogP contribution in [0.2, 0.25) is 19.1 Å². The molecule has 16 heteroatoms. The number of hydrogen-bond donors (Lipinski definition) is 4. The summed E-state index contributed by atoms with van der Waals surface area (Å²) in [5.41, 5.74) is 0.770. The maximum absolute atomic E-state index is 14.5. The summed E-state index contributed by atoms with van der Waals surface area (Å²) in [6.45, 7) is 17.1. The van der Waals surface area contributed by atoms with Crippen molar-refractivity contribution in [3.05, 3.63) is 35.9 Å². The largest absolute Gasteiger partial charge is 0.480 e. The number of aliphatic carboxylic acids is 1. The van der Waals surface area contributed by atoms with E-state index in [0.717, 1.165) is 5.56 Å². The maximum Gasteiger partial charge on any atom is 0.326 e. The minimum atomic E-state index is -2.33. The molecule has 1 aromatic carbocycles. The Bertz CT molecular complexity index is 1590. The second-order valence-corrected chi connectivity index (χ2v) is 22.4. The molecule has 1 fully saturated rings. The van der Waals surface area contributed by atoms with Crippen LogP contribution in [0.1, 0.15) is 92.6 Å². The SMILES string of the molecule is CC[C@@H](C)[C@H]([C@H](CC(=O)N1CCC[C@@H]1[C@@H](OC)[C@H](C)C(=O)N[C@H](Cc1ccccc1)C(=O)O)OC)N(C)C(=O)[C@H](NC(=O)[C@@H](C(C)C)N(C)C(=O)CCC[Si](C)(C)O)C(C)C. The van der Waals surface area contributed by atoms with E-state index < -0.39 is 74.4 Å². The van der Waals surface area contributed by atoms with E-state index in [1.165, 1.54) is 19.1 Å². The van der Waals surface area contributed by atoms with Crippen LogP contribution < -0.4 is 10.6 Å². The number of carboxylic acid groups (broad SMARTS) is 1. The third-order valence-electron chi connectivity index (χ3n) is 12.3. The minimum Gasteiger partial charge on any atom is -0.480 e. The lowest BCUT2D eigenvalue weighted by atomic mass is 9.89. The van der Waals surface area contributed by atoms with Crippen LogP contribution in [0.4, 0.5) is 0 Å². The number of ether oxygens (including phenoxy) is 2. The summed E-state index contributed by atoms with van der Waals surface area (Å²) in [7, 11) is 3.93. The summed E-state index contributed by atoms with van der Waals surface area (Å²) in [5.74, 6) is -4.33. The fourth-order valence-corrected chi connectivity index (χ4v) is 9.60. The van der Waals surface area contributed by atoms with Gasteiger partial charge in [0.2, 0.25) is 29.5 Å². The molecule has 0 radical (unpaired) electrons. The van der Waals surface area contributed by atoms with Gasteiger partial charge in [0.25, 0.3) is 0 Å². The van der Waals surface area contributed by atoms with Crippen LogP contribution in [0.25, 0.3) is 0 Å². The van der Waals surface area contributed by atoms with Gasteiger partial charge in [-0.15, -0.1) is 0 Å². The fourth-order valence-electron chi connectivity index (χ4n) is 8.56. The monoisotopic (exact) mass is 876 g/mol. The number of amides is 5. The van der Waals surface area contributed by atoms with Crippen molar-refractivity contribution in [1.82, 2.24) is 25.3 Å². The highest BCUT2D eigenvalue weighted by atomic mass is 28.4. The molecule has 1 aromatic rings. The van der Waals surface area contributed by atoms with Gasteiger partial charge in [-0.05, 0) is 61.7 Å². The Kier molecular flexibility index (Phi) is 21.6. The lowest BCUT2D eigenvalue weighted by Crippen LogP contribution is -2.60. The van der Waals surface area contributed by atoms with Gasteiger partial charge in [0.1, 0.15) is 18.1 Å². The number of hydrogen-bond acceptors (Lipinski definition) is 9. The molecule has 2 rings (SSSR count). The quantitative estimate of drug-likeness (QED) is 0.103.